The number of hydrogen-bond donors (Lipinski definition) is 0. The molecule has 0 saturated heterocycles. The van der Waals surface area contributed by atoms with Crippen molar-refractivity contribution in [2.75, 3.05) is 14.2 Å². The number of methoxy groups -OCH3 is 2. The van der Waals surface area contributed by atoms with Gasteiger partial charge in [-0.3, -0.25) is 0 Å². The summed E-state index contributed by atoms with van der Waals surface area (Å²) >= 11 is 0. The zero-order chi connectivity index (χ0) is 11.5. The molecule has 0 bridgehead atoms. The van der Waals surface area contributed by atoms with Gasteiger partial charge in [-0.15, -0.1) is 0 Å². The molecule has 0 aromatic heterocycles. The van der Waals surface area contributed by atoms with Crippen LogP contribution in [0.2, 0.25) is 0 Å². The van der Waals surface area contributed by atoms with Gasteiger partial charge in [0.2, 0.25) is 0 Å². The summed E-state index contributed by atoms with van der Waals surface area (Å²) in [5, 5.41) is 9.11. The molecule has 3 nitrogen and oxygen atoms in total. The Kier molecular flexibility index (Phi) is 3.00. The maximum absolute atomic E-state index is 9.11. The summed E-state index contributed by atoms with van der Waals surface area (Å²) in [4.78, 5) is 0. The van der Waals surface area contributed by atoms with Crippen LogP contribution in [0.25, 0.3) is 0 Å². The first kappa shape index (κ1) is 10.8. The van der Waals surface area contributed by atoms with E-state index in [-0.39, 0.29) is 5.92 Å². The number of nitrogens with zero attached hydrogens (tertiary/aromatic N) is 1. The lowest BCUT2D eigenvalue weighted by molar-refractivity contribution is 0.349. The van der Waals surface area contributed by atoms with E-state index in [1.165, 1.54) is 0 Å². The van der Waals surface area contributed by atoms with Crippen LogP contribution in [0.15, 0.2) is 12.1 Å². The molecule has 0 spiro atoms. The summed E-state index contributed by atoms with van der Waals surface area (Å²) in [6.07, 6.45) is 2.95. The quantitative estimate of drug-likeness (QED) is 0.764. The molecule has 16 heavy (non-hydrogen) atoms. The van der Waals surface area contributed by atoms with Crippen LogP contribution in [0.1, 0.15) is 29.9 Å². The van der Waals surface area contributed by atoms with E-state index in [2.05, 4.69) is 6.07 Å². The SMILES string of the molecule is COc1ccc2c(c1OC)CCC[C@@H]2C#N. The number of ether oxygens (including phenoxy) is 2. The molecule has 0 unspecified atom stereocenters. The summed E-state index contributed by atoms with van der Waals surface area (Å²) in [7, 11) is 3.28. The van der Waals surface area contributed by atoms with Crippen LogP contribution >= 0.6 is 0 Å². The molecular weight excluding hydrogens is 202 g/mol. The van der Waals surface area contributed by atoms with Gasteiger partial charge in [-0.2, -0.15) is 5.26 Å². The standard InChI is InChI=1S/C13H15NO2/c1-15-12-7-6-10-9(8-14)4-3-5-11(10)13(12)16-2/h6-7,9H,3-5H2,1-2H3/t9-/m1/s1. The molecular formula is C13H15NO2. The summed E-state index contributed by atoms with van der Waals surface area (Å²) in [6.45, 7) is 0. The van der Waals surface area contributed by atoms with Crippen molar-refractivity contribution in [3.8, 4) is 17.6 Å². The largest absolute Gasteiger partial charge is 0.493 e. The van der Waals surface area contributed by atoms with Crippen molar-refractivity contribution in [3.63, 3.8) is 0 Å². The van der Waals surface area contributed by atoms with Crippen LogP contribution in [0.3, 0.4) is 0 Å². The van der Waals surface area contributed by atoms with Gasteiger partial charge < -0.3 is 9.47 Å². The molecule has 0 radical (unpaired) electrons. The van der Waals surface area contributed by atoms with Crippen molar-refractivity contribution in [2.24, 2.45) is 0 Å². The smallest absolute Gasteiger partial charge is 0.164 e. The first-order chi connectivity index (χ1) is 7.81. The van der Waals surface area contributed by atoms with Crippen LogP contribution in [-0.4, -0.2) is 14.2 Å². The monoisotopic (exact) mass is 217 g/mol. The van der Waals surface area contributed by atoms with Crippen LogP contribution in [0, 0.1) is 11.3 Å². The summed E-state index contributed by atoms with van der Waals surface area (Å²) in [5.74, 6) is 1.54. The summed E-state index contributed by atoms with van der Waals surface area (Å²) in [5.41, 5.74) is 2.24. The van der Waals surface area contributed by atoms with E-state index in [1.807, 2.05) is 12.1 Å². The lowest BCUT2D eigenvalue weighted by Crippen LogP contribution is -2.10. The number of fused-ring (bicyclic) bond motifs is 1. The Hall–Kier alpha value is -1.69. The van der Waals surface area contributed by atoms with Gasteiger partial charge in [0.1, 0.15) is 0 Å². The highest BCUT2D eigenvalue weighted by Gasteiger charge is 2.24. The normalized spacial score (nSPS) is 18.4. The van der Waals surface area contributed by atoms with Crippen LogP contribution < -0.4 is 9.47 Å². The molecule has 1 aromatic rings. The molecule has 3 heteroatoms. The van der Waals surface area contributed by atoms with Crippen molar-refractivity contribution >= 4 is 0 Å². The molecule has 0 aliphatic heterocycles. The Morgan fingerprint density at radius 2 is 2.12 bits per heavy atom. The fourth-order valence-corrected chi connectivity index (χ4v) is 2.36. The van der Waals surface area contributed by atoms with Gasteiger partial charge in [0.15, 0.2) is 11.5 Å². The van der Waals surface area contributed by atoms with E-state index in [0.29, 0.717) is 0 Å². The first-order valence-corrected chi connectivity index (χ1v) is 5.45. The minimum Gasteiger partial charge on any atom is -0.493 e. The predicted molar refractivity (Wildman–Crippen MR) is 60.8 cm³/mol. The molecule has 1 aliphatic rings. The van der Waals surface area contributed by atoms with Gasteiger partial charge in [0.05, 0.1) is 26.2 Å². The molecule has 0 saturated carbocycles. The van der Waals surface area contributed by atoms with Crippen molar-refractivity contribution < 1.29 is 9.47 Å². The summed E-state index contributed by atoms with van der Waals surface area (Å²) < 4.78 is 10.7. The maximum Gasteiger partial charge on any atom is 0.164 e. The third-order valence-electron chi connectivity index (χ3n) is 3.14. The Morgan fingerprint density at radius 3 is 2.75 bits per heavy atom. The van der Waals surface area contributed by atoms with E-state index in [9.17, 15) is 0 Å². The van der Waals surface area contributed by atoms with Crippen molar-refractivity contribution in [2.45, 2.75) is 25.2 Å². The van der Waals surface area contributed by atoms with Crippen LogP contribution in [-0.2, 0) is 6.42 Å². The molecule has 0 N–H and O–H groups in total. The molecule has 2 rings (SSSR count). The predicted octanol–water partition coefficient (Wildman–Crippen LogP) is 2.65. The van der Waals surface area contributed by atoms with Crippen LogP contribution in [0.4, 0.5) is 0 Å². The minimum absolute atomic E-state index is 0.00329. The first-order valence-electron chi connectivity index (χ1n) is 5.45. The Morgan fingerprint density at radius 1 is 1.31 bits per heavy atom. The van der Waals surface area contributed by atoms with Crippen molar-refractivity contribution in [1.82, 2.24) is 0 Å². The van der Waals surface area contributed by atoms with Gasteiger partial charge in [0.25, 0.3) is 0 Å². The Balaban J connectivity index is 2.55. The average molecular weight is 217 g/mol. The number of hydrogen-bond acceptors (Lipinski definition) is 3. The van der Waals surface area contributed by atoms with Gasteiger partial charge in [-0.1, -0.05) is 6.07 Å². The van der Waals surface area contributed by atoms with E-state index in [4.69, 9.17) is 14.7 Å². The topological polar surface area (TPSA) is 42.2 Å². The highest BCUT2D eigenvalue weighted by Crippen LogP contribution is 2.41. The van der Waals surface area contributed by atoms with Crippen molar-refractivity contribution in [3.05, 3.63) is 23.3 Å². The molecule has 1 atom stereocenters. The van der Waals surface area contributed by atoms with E-state index in [1.54, 1.807) is 14.2 Å². The highest BCUT2D eigenvalue weighted by atomic mass is 16.5. The second kappa shape index (κ2) is 4.44. The lowest BCUT2D eigenvalue weighted by atomic mass is 9.83. The summed E-state index contributed by atoms with van der Waals surface area (Å²) in [6, 6.07) is 6.22. The van der Waals surface area contributed by atoms with E-state index >= 15 is 0 Å². The lowest BCUT2D eigenvalue weighted by Gasteiger charge is -2.23. The fraction of sp³-hybridized carbons (Fsp3) is 0.462. The fourth-order valence-electron chi connectivity index (χ4n) is 2.36. The number of rotatable bonds is 2. The zero-order valence-corrected chi connectivity index (χ0v) is 9.62. The zero-order valence-electron chi connectivity index (χ0n) is 9.62. The van der Waals surface area contributed by atoms with Gasteiger partial charge in [0, 0.05) is 5.56 Å². The molecule has 0 fully saturated rings. The second-order valence-electron chi connectivity index (χ2n) is 3.94. The highest BCUT2D eigenvalue weighted by molar-refractivity contribution is 5.53. The molecule has 1 aromatic carbocycles. The van der Waals surface area contributed by atoms with Gasteiger partial charge in [-0.25, -0.2) is 0 Å². The van der Waals surface area contributed by atoms with Crippen LogP contribution in [0.5, 0.6) is 11.5 Å². The molecule has 0 heterocycles. The van der Waals surface area contributed by atoms with Gasteiger partial charge in [-0.05, 0) is 30.9 Å². The molecule has 84 valence electrons. The molecule has 1 aliphatic carbocycles. The van der Waals surface area contributed by atoms with Crippen molar-refractivity contribution in [1.29, 1.82) is 5.26 Å². The minimum atomic E-state index is 0.00329. The second-order valence-corrected chi connectivity index (χ2v) is 3.94. The number of nitriles is 1. The number of benzene rings is 1. The maximum atomic E-state index is 9.11. The van der Waals surface area contributed by atoms with Gasteiger partial charge >= 0.3 is 0 Å². The third kappa shape index (κ3) is 1.61. The Labute approximate surface area is 95.6 Å². The third-order valence-corrected chi connectivity index (χ3v) is 3.14. The van der Waals surface area contributed by atoms with E-state index in [0.717, 1.165) is 41.9 Å². The van der Waals surface area contributed by atoms with E-state index < -0.39 is 0 Å². The average Bonchev–Trinajstić information content (AvgIpc) is 2.36. The Bertz CT molecular complexity index is 434. The molecule has 0 amide bonds.